The molecule has 0 radical (unpaired) electrons. The largest absolute Gasteiger partial charge is 0.573 e. The average molecular weight is 357 g/mol. The molecule has 10 heteroatoms. The smallest absolute Gasteiger partial charge is 0.406 e. The molecule has 0 fully saturated rings. The standard InChI is InChI=1S/C15H10F3NO6/c1-9-2-5-12(25-15(16,17)18)8-13(9)24-14(20)23-11-6-3-10(4-7-11)19(21)22/h2-8H,1H3. The van der Waals surface area contributed by atoms with Crippen molar-refractivity contribution in [2.45, 2.75) is 13.3 Å². The van der Waals surface area contributed by atoms with E-state index in [1.165, 1.54) is 25.1 Å². The third-order valence-corrected chi connectivity index (χ3v) is 2.84. The van der Waals surface area contributed by atoms with Crippen molar-refractivity contribution in [3.8, 4) is 17.2 Å². The van der Waals surface area contributed by atoms with E-state index in [0.717, 1.165) is 24.3 Å². The first-order chi connectivity index (χ1) is 11.6. The number of nitro groups is 1. The Kier molecular flexibility index (Phi) is 5.11. The van der Waals surface area contributed by atoms with Gasteiger partial charge in [0.1, 0.15) is 17.2 Å². The second-order valence-electron chi connectivity index (χ2n) is 4.68. The zero-order valence-electron chi connectivity index (χ0n) is 12.6. The van der Waals surface area contributed by atoms with Crippen LogP contribution < -0.4 is 14.2 Å². The topological polar surface area (TPSA) is 87.9 Å². The SMILES string of the molecule is Cc1ccc(OC(F)(F)F)cc1OC(=O)Oc1ccc([N+](=O)[O-])cc1. The number of non-ortho nitro benzene ring substituents is 1. The van der Waals surface area contributed by atoms with Crippen LogP contribution in [0.1, 0.15) is 5.56 Å². The first-order valence-corrected chi connectivity index (χ1v) is 6.64. The molecule has 0 saturated heterocycles. The second kappa shape index (κ2) is 7.07. The fourth-order valence-electron chi connectivity index (χ4n) is 1.73. The Hall–Kier alpha value is -3.30. The van der Waals surface area contributed by atoms with Gasteiger partial charge in [-0.3, -0.25) is 10.1 Å². The monoisotopic (exact) mass is 357 g/mol. The van der Waals surface area contributed by atoms with Gasteiger partial charge in [-0.15, -0.1) is 13.2 Å². The minimum Gasteiger partial charge on any atom is -0.406 e. The quantitative estimate of drug-likeness (QED) is 0.349. The molecule has 0 amide bonds. The van der Waals surface area contributed by atoms with Crippen molar-refractivity contribution in [3.63, 3.8) is 0 Å². The number of hydrogen-bond acceptors (Lipinski definition) is 6. The molecule has 0 bridgehead atoms. The van der Waals surface area contributed by atoms with Gasteiger partial charge in [-0.05, 0) is 30.7 Å². The summed E-state index contributed by atoms with van der Waals surface area (Å²) in [6.07, 6.45) is -6.10. The molecule has 0 spiro atoms. The molecule has 0 aliphatic rings. The van der Waals surface area contributed by atoms with Gasteiger partial charge in [0, 0.05) is 18.2 Å². The van der Waals surface area contributed by atoms with E-state index >= 15 is 0 Å². The zero-order chi connectivity index (χ0) is 18.6. The van der Waals surface area contributed by atoms with Gasteiger partial charge in [-0.2, -0.15) is 0 Å². The van der Waals surface area contributed by atoms with Crippen LogP contribution in [-0.2, 0) is 0 Å². The summed E-state index contributed by atoms with van der Waals surface area (Å²) in [4.78, 5) is 21.6. The lowest BCUT2D eigenvalue weighted by molar-refractivity contribution is -0.384. The fraction of sp³-hybridized carbons (Fsp3) is 0.133. The van der Waals surface area contributed by atoms with Crippen LogP contribution in [0.15, 0.2) is 42.5 Å². The molecule has 7 nitrogen and oxygen atoms in total. The molecule has 0 unspecified atom stereocenters. The molecular formula is C15H10F3NO6. The number of benzene rings is 2. The highest BCUT2D eigenvalue weighted by Gasteiger charge is 2.31. The summed E-state index contributed by atoms with van der Waals surface area (Å²) in [6, 6.07) is 7.81. The molecule has 2 aromatic rings. The maximum atomic E-state index is 12.2. The van der Waals surface area contributed by atoms with Gasteiger partial charge >= 0.3 is 12.5 Å². The van der Waals surface area contributed by atoms with E-state index in [1.807, 2.05) is 0 Å². The molecular weight excluding hydrogens is 347 g/mol. The normalized spacial score (nSPS) is 10.9. The summed E-state index contributed by atoms with van der Waals surface area (Å²) in [5.41, 5.74) is 0.170. The predicted molar refractivity (Wildman–Crippen MR) is 77.6 cm³/mol. The number of ether oxygens (including phenoxy) is 3. The molecule has 0 atom stereocenters. The summed E-state index contributed by atoms with van der Waals surface area (Å²) < 4.78 is 50.0. The van der Waals surface area contributed by atoms with Crippen LogP contribution in [0.2, 0.25) is 0 Å². The van der Waals surface area contributed by atoms with Gasteiger partial charge in [0.25, 0.3) is 5.69 Å². The summed E-state index contributed by atoms with van der Waals surface area (Å²) in [7, 11) is 0. The Labute approximate surface area is 138 Å². The van der Waals surface area contributed by atoms with E-state index in [1.54, 1.807) is 0 Å². The maximum absolute atomic E-state index is 12.2. The molecule has 0 aliphatic carbocycles. The van der Waals surface area contributed by atoms with Crippen molar-refractivity contribution in [1.82, 2.24) is 0 Å². The van der Waals surface area contributed by atoms with Crippen LogP contribution >= 0.6 is 0 Å². The van der Waals surface area contributed by atoms with Crippen molar-refractivity contribution < 1.29 is 37.1 Å². The van der Waals surface area contributed by atoms with Crippen molar-refractivity contribution in [2.24, 2.45) is 0 Å². The van der Waals surface area contributed by atoms with Crippen molar-refractivity contribution >= 4 is 11.8 Å². The average Bonchev–Trinajstić information content (AvgIpc) is 2.49. The summed E-state index contributed by atoms with van der Waals surface area (Å²) in [6.45, 7) is 1.51. The van der Waals surface area contributed by atoms with E-state index in [4.69, 9.17) is 9.47 Å². The third kappa shape index (κ3) is 5.37. The van der Waals surface area contributed by atoms with E-state index in [2.05, 4.69) is 4.74 Å². The van der Waals surface area contributed by atoms with Crippen LogP contribution in [-0.4, -0.2) is 17.4 Å². The molecule has 0 aromatic heterocycles. The molecule has 0 N–H and O–H groups in total. The predicted octanol–water partition coefficient (Wildman–Crippen LogP) is 4.38. The number of rotatable bonds is 4. The van der Waals surface area contributed by atoms with E-state index in [9.17, 15) is 28.1 Å². The van der Waals surface area contributed by atoms with Crippen LogP contribution in [0, 0.1) is 17.0 Å². The van der Waals surface area contributed by atoms with Crippen molar-refractivity contribution in [3.05, 3.63) is 58.1 Å². The Morgan fingerprint density at radius 3 is 2.20 bits per heavy atom. The van der Waals surface area contributed by atoms with Crippen molar-refractivity contribution in [1.29, 1.82) is 0 Å². The fourth-order valence-corrected chi connectivity index (χ4v) is 1.73. The molecule has 2 aromatic carbocycles. The lowest BCUT2D eigenvalue weighted by Gasteiger charge is -2.12. The van der Waals surface area contributed by atoms with Crippen LogP contribution in [0.25, 0.3) is 0 Å². The first-order valence-electron chi connectivity index (χ1n) is 6.64. The molecule has 0 aliphatic heterocycles. The summed E-state index contributed by atoms with van der Waals surface area (Å²) in [5.74, 6) is -0.777. The third-order valence-electron chi connectivity index (χ3n) is 2.84. The number of carbonyl (C=O) groups is 1. The molecule has 25 heavy (non-hydrogen) atoms. The Morgan fingerprint density at radius 1 is 1.04 bits per heavy atom. The number of nitrogens with zero attached hydrogens (tertiary/aromatic N) is 1. The number of hydrogen-bond donors (Lipinski definition) is 0. The highest BCUT2D eigenvalue weighted by Crippen LogP contribution is 2.29. The van der Waals surface area contributed by atoms with Gasteiger partial charge in [0.2, 0.25) is 0 Å². The Bertz CT molecular complexity index is 789. The lowest BCUT2D eigenvalue weighted by Crippen LogP contribution is -2.18. The van der Waals surface area contributed by atoms with Crippen LogP contribution in [0.4, 0.5) is 23.7 Å². The van der Waals surface area contributed by atoms with Gasteiger partial charge in [0.05, 0.1) is 4.92 Å². The first kappa shape index (κ1) is 18.0. The second-order valence-corrected chi connectivity index (χ2v) is 4.68. The van der Waals surface area contributed by atoms with Gasteiger partial charge in [0.15, 0.2) is 0 Å². The lowest BCUT2D eigenvalue weighted by atomic mass is 10.2. The Morgan fingerprint density at radius 2 is 1.64 bits per heavy atom. The van der Waals surface area contributed by atoms with Crippen LogP contribution in [0.5, 0.6) is 17.2 Å². The van der Waals surface area contributed by atoms with Crippen molar-refractivity contribution in [2.75, 3.05) is 0 Å². The maximum Gasteiger partial charge on any atom is 0.573 e. The molecule has 132 valence electrons. The van der Waals surface area contributed by atoms with E-state index < -0.39 is 23.2 Å². The van der Waals surface area contributed by atoms with E-state index in [-0.39, 0.29) is 17.2 Å². The van der Waals surface area contributed by atoms with Gasteiger partial charge in [-0.1, -0.05) is 6.07 Å². The number of aryl methyl sites for hydroxylation is 1. The Balaban J connectivity index is 2.06. The number of halogens is 3. The molecule has 2 rings (SSSR count). The number of nitro benzene ring substituents is 1. The summed E-state index contributed by atoms with van der Waals surface area (Å²) in [5, 5.41) is 10.5. The number of carbonyl (C=O) groups excluding carboxylic acids is 1. The minimum atomic E-state index is -4.88. The highest BCUT2D eigenvalue weighted by molar-refractivity contribution is 5.68. The summed E-state index contributed by atoms with van der Waals surface area (Å²) >= 11 is 0. The number of alkyl halides is 3. The minimum absolute atomic E-state index is 0.0315. The molecule has 0 saturated carbocycles. The molecule has 0 heterocycles. The van der Waals surface area contributed by atoms with Gasteiger partial charge < -0.3 is 14.2 Å². The van der Waals surface area contributed by atoms with Gasteiger partial charge in [-0.25, -0.2) is 4.79 Å². The highest BCUT2D eigenvalue weighted by atomic mass is 19.4. The van der Waals surface area contributed by atoms with Crippen LogP contribution in [0.3, 0.4) is 0 Å². The van der Waals surface area contributed by atoms with E-state index in [0.29, 0.717) is 5.56 Å². The zero-order valence-corrected chi connectivity index (χ0v) is 12.6.